The van der Waals surface area contributed by atoms with Gasteiger partial charge in [0.2, 0.25) is 0 Å². The number of rotatable bonds is 2. The van der Waals surface area contributed by atoms with Crippen LogP contribution in [0.25, 0.3) is 6.08 Å². The molecule has 0 amide bonds. The first kappa shape index (κ1) is 14.3. The molecule has 2 rings (SSSR count). The molecule has 2 heteroatoms. The van der Waals surface area contributed by atoms with Crippen molar-refractivity contribution in [3.8, 4) is 0 Å². The topological polar surface area (TPSA) is 23.5 Å². The highest BCUT2D eigenvalue weighted by Gasteiger charge is 2.44. The molecule has 2 nitrogen and oxygen atoms in total. The number of nitrogens with zero attached hydrogens (tertiary/aromatic N) is 1. The van der Waals surface area contributed by atoms with Gasteiger partial charge in [0.15, 0.2) is 0 Å². The first-order valence-electron chi connectivity index (χ1n) is 7.04. The van der Waals surface area contributed by atoms with E-state index < -0.39 is 0 Å². The van der Waals surface area contributed by atoms with Crippen LogP contribution in [-0.4, -0.2) is 21.3 Å². The number of allylic oxidation sites excluding steroid dienone is 1. The fourth-order valence-electron chi connectivity index (χ4n) is 3.30. The number of hydrogen-bond donors (Lipinski definition) is 1. The van der Waals surface area contributed by atoms with Crippen LogP contribution in [0.4, 0.5) is 0 Å². The average Bonchev–Trinajstić information content (AvgIpc) is 2.34. The van der Waals surface area contributed by atoms with Crippen LogP contribution in [0.3, 0.4) is 0 Å². The Morgan fingerprint density at radius 1 is 1.05 bits per heavy atom. The van der Waals surface area contributed by atoms with Gasteiger partial charge in [-0.15, -0.1) is 0 Å². The lowest BCUT2D eigenvalue weighted by molar-refractivity contribution is -0.247. The lowest BCUT2D eigenvalue weighted by Gasteiger charge is -2.51. The Kier molecular flexibility index (Phi) is 3.84. The molecule has 0 unspecified atom stereocenters. The Morgan fingerprint density at radius 2 is 1.58 bits per heavy atom. The molecular formula is C17H25NO. The third-order valence-electron chi connectivity index (χ3n) is 4.03. The Labute approximate surface area is 116 Å². The number of hydroxylamine groups is 2. The predicted molar refractivity (Wildman–Crippen MR) is 80.0 cm³/mol. The van der Waals surface area contributed by atoms with Gasteiger partial charge < -0.3 is 5.21 Å². The van der Waals surface area contributed by atoms with Crippen LogP contribution in [0.1, 0.15) is 46.1 Å². The zero-order valence-electron chi connectivity index (χ0n) is 12.4. The van der Waals surface area contributed by atoms with E-state index in [1.165, 1.54) is 10.6 Å². The minimum absolute atomic E-state index is 0.173. The van der Waals surface area contributed by atoms with E-state index in [4.69, 9.17) is 0 Å². The van der Waals surface area contributed by atoms with Crippen LogP contribution in [0.2, 0.25) is 0 Å². The first-order valence-corrected chi connectivity index (χ1v) is 7.04. The molecule has 1 aliphatic rings. The maximum Gasteiger partial charge on any atom is 0.0416 e. The highest BCUT2D eigenvalue weighted by atomic mass is 16.5. The van der Waals surface area contributed by atoms with Crippen molar-refractivity contribution in [2.45, 2.75) is 51.6 Å². The fourth-order valence-corrected chi connectivity index (χ4v) is 3.30. The summed E-state index contributed by atoms with van der Waals surface area (Å²) in [6.45, 7) is 8.43. The molecule has 0 atom stereocenters. The summed E-state index contributed by atoms with van der Waals surface area (Å²) in [6, 6.07) is 10.4. The van der Waals surface area contributed by atoms with Crippen LogP contribution in [0.5, 0.6) is 0 Å². The van der Waals surface area contributed by atoms with Crippen molar-refractivity contribution in [3.63, 3.8) is 0 Å². The van der Waals surface area contributed by atoms with E-state index in [1.807, 2.05) is 6.07 Å². The van der Waals surface area contributed by atoms with E-state index in [-0.39, 0.29) is 11.1 Å². The van der Waals surface area contributed by atoms with Crippen molar-refractivity contribution in [3.05, 3.63) is 42.0 Å². The molecule has 0 bridgehead atoms. The Morgan fingerprint density at radius 3 is 2.11 bits per heavy atom. The van der Waals surface area contributed by atoms with E-state index in [1.54, 1.807) is 0 Å². The summed E-state index contributed by atoms with van der Waals surface area (Å²) >= 11 is 0. The molecule has 1 aromatic carbocycles. The van der Waals surface area contributed by atoms with Crippen LogP contribution < -0.4 is 0 Å². The minimum Gasteiger partial charge on any atom is -0.313 e. The monoisotopic (exact) mass is 259 g/mol. The summed E-state index contributed by atoms with van der Waals surface area (Å²) in [7, 11) is 0. The van der Waals surface area contributed by atoms with Gasteiger partial charge in [-0.25, -0.2) is 0 Å². The molecule has 1 saturated heterocycles. The third kappa shape index (κ3) is 3.26. The molecule has 0 saturated carbocycles. The molecule has 0 aliphatic carbocycles. The number of benzene rings is 1. The van der Waals surface area contributed by atoms with Gasteiger partial charge >= 0.3 is 0 Å². The molecule has 1 N–H and O–H groups in total. The Hall–Kier alpha value is -1.12. The van der Waals surface area contributed by atoms with Crippen molar-refractivity contribution in [1.82, 2.24) is 5.06 Å². The summed E-state index contributed by atoms with van der Waals surface area (Å²) in [5.41, 5.74) is 0.894. The molecule has 1 aromatic rings. The summed E-state index contributed by atoms with van der Waals surface area (Å²) in [5, 5.41) is 11.8. The van der Waals surface area contributed by atoms with Crippen LogP contribution in [-0.2, 0) is 0 Å². The zero-order chi connectivity index (χ0) is 14.1. The first-order chi connectivity index (χ1) is 8.81. The largest absolute Gasteiger partial charge is 0.313 e. The van der Waals surface area contributed by atoms with Crippen LogP contribution >= 0.6 is 0 Å². The molecule has 1 aliphatic heterocycles. The van der Waals surface area contributed by atoms with E-state index in [9.17, 15) is 5.21 Å². The zero-order valence-corrected chi connectivity index (χ0v) is 12.4. The second-order valence-electron chi connectivity index (χ2n) is 6.87. The highest BCUT2D eigenvalue weighted by Crippen LogP contribution is 2.40. The van der Waals surface area contributed by atoms with Gasteiger partial charge in [-0.1, -0.05) is 42.5 Å². The maximum atomic E-state index is 10.3. The molecule has 19 heavy (non-hydrogen) atoms. The van der Waals surface area contributed by atoms with Crippen LogP contribution in [0, 0.1) is 5.92 Å². The number of hydrogen-bond acceptors (Lipinski definition) is 2. The molecule has 104 valence electrons. The number of piperidine rings is 1. The van der Waals surface area contributed by atoms with Crippen molar-refractivity contribution >= 4 is 6.08 Å². The summed E-state index contributed by atoms with van der Waals surface area (Å²) < 4.78 is 0. The van der Waals surface area contributed by atoms with Crippen LogP contribution in [0.15, 0.2) is 36.4 Å². The standard InChI is InChI=1S/C17H25NO/c1-16(2)12-15(13-17(3,4)18(16)19)11-10-14-8-6-5-7-9-14/h5-11,15,19H,12-13H2,1-4H3. The fraction of sp³-hybridized carbons (Fsp3) is 0.529. The van der Waals surface area contributed by atoms with Crippen molar-refractivity contribution in [1.29, 1.82) is 0 Å². The maximum absolute atomic E-state index is 10.3. The van der Waals surface area contributed by atoms with E-state index in [0.717, 1.165) is 12.8 Å². The summed E-state index contributed by atoms with van der Waals surface area (Å²) in [5.74, 6) is 0.508. The van der Waals surface area contributed by atoms with Crippen molar-refractivity contribution in [2.24, 2.45) is 5.92 Å². The van der Waals surface area contributed by atoms with Gasteiger partial charge in [-0.05, 0) is 52.0 Å². The Balaban J connectivity index is 2.12. The summed E-state index contributed by atoms with van der Waals surface area (Å²) in [4.78, 5) is 0. The van der Waals surface area contributed by atoms with Gasteiger partial charge in [0.05, 0.1) is 0 Å². The molecule has 0 spiro atoms. The lowest BCUT2D eigenvalue weighted by Crippen LogP contribution is -2.58. The second-order valence-corrected chi connectivity index (χ2v) is 6.87. The van der Waals surface area contributed by atoms with Crippen molar-refractivity contribution < 1.29 is 5.21 Å². The quantitative estimate of drug-likeness (QED) is 0.853. The van der Waals surface area contributed by atoms with Gasteiger partial charge in [0, 0.05) is 11.1 Å². The third-order valence-corrected chi connectivity index (χ3v) is 4.03. The van der Waals surface area contributed by atoms with Gasteiger partial charge in [-0.2, -0.15) is 5.06 Å². The van der Waals surface area contributed by atoms with Gasteiger partial charge in [0.25, 0.3) is 0 Å². The Bertz CT molecular complexity index is 430. The average molecular weight is 259 g/mol. The molecule has 1 heterocycles. The molecular weight excluding hydrogens is 234 g/mol. The minimum atomic E-state index is -0.173. The predicted octanol–water partition coefficient (Wildman–Crippen LogP) is 4.36. The molecule has 0 aromatic heterocycles. The molecule has 1 fully saturated rings. The smallest absolute Gasteiger partial charge is 0.0416 e. The van der Waals surface area contributed by atoms with Gasteiger partial charge in [0.1, 0.15) is 0 Å². The van der Waals surface area contributed by atoms with E-state index >= 15 is 0 Å². The van der Waals surface area contributed by atoms with E-state index in [2.05, 4.69) is 64.1 Å². The van der Waals surface area contributed by atoms with Gasteiger partial charge in [-0.3, -0.25) is 0 Å². The lowest BCUT2D eigenvalue weighted by atomic mass is 9.75. The normalized spacial score (nSPS) is 23.8. The second kappa shape index (κ2) is 5.10. The molecule has 0 radical (unpaired) electrons. The van der Waals surface area contributed by atoms with Crippen molar-refractivity contribution in [2.75, 3.05) is 0 Å². The summed E-state index contributed by atoms with van der Waals surface area (Å²) in [6.07, 6.45) is 6.46. The van der Waals surface area contributed by atoms with E-state index in [0.29, 0.717) is 5.92 Å². The highest BCUT2D eigenvalue weighted by molar-refractivity contribution is 5.49. The SMILES string of the molecule is CC1(C)CC(C=Cc2ccccc2)CC(C)(C)N1O.